The van der Waals surface area contributed by atoms with Gasteiger partial charge >= 0.3 is 0 Å². The van der Waals surface area contributed by atoms with Crippen molar-refractivity contribution < 1.29 is 0 Å². The van der Waals surface area contributed by atoms with Gasteiger partial charge in [0.25, 0.3) is 0 Å². The van der Waals surface area contributed by atoms with E-state index in [4.69, 9.17) is 11.6 Å². The summed E-state index contributed by atoms with van der Waals surface area (Å²) in [6.07, 6.45) is 3.08. The highest BCUT2D eigenvalue weighted by Crippen LogP contribution is 2.25. The molecule has 0 aliphatic heterocycles. The maximum atomic E-state index is 6.10. The van der Waals surface area contributed by atoms with E-state index in [2.05, 4.69) is 43.1 Å². The summed E-state index contributed by atoms with van der Waals surface area (Å²) < 4.78 is 0. The van der Waals surface area contributed by atoms with E-state index < -0.39 is 0 Å². The Bertz CT molecular complexity index is 428. The predicted molar refractivity (Wildman–Crippen MR) is 79.9 cm³/mol. The van der Waals surface area contributed by atoms with Gasteiger partial charge in [-0.15, -0.1) is 11.8 Å². The summed E-state index contributed by atoms with van der Waals surface area (Å²) in [6, 6.07) is 6.46. The molecule has 0 aliphatic rings. The van der Waals surface area contributed by atoms with Gasteiger partial charge in [0, 0.05) is 17.5 Å². The first-order valence-electron chi connectivity index (χ1n) is 6.58. The van der Waals surface area contributed by atoms with Crippen LogP contribution in [-0.4, -0.2) is 6.54 Å². The summed E-state index contributed by atoms with van der Waals surface area (Å²) in [5, 5.41) is 4.39. The Morgan fingerprint density at radius 1 is 1.39 bits per heavy atom. The molecule has 98 valence electrons. The lowest BCUT2D eigenvalue weighted by Gasteiger charge is -2.20. The number of nitrogens with one attached hydrogen (secondary N) is 1. The molecule has 0 aromatic heterocycles. The largest absolute Gasteiger partial charge is 0.310 e. The molecular formula is C16H22ClN. The van der Waals surface area contributed by atoms with E-state index in [1.807, 2.05) is 13.0 Å². The van der Waals surface area contributed by atoms with Gasteiger partial charge in [0.1, 0.15) is 0 Å². The SMILES string of the molecule is CC#CCCC(NCCC)c1cc(Cl)ccc1C. The molecule has 1 unspecified atom stereocenters. The monoisotopic (exact) mass is 263 g/mol. The Hall–Kier alpha value is -0.970. The standard InChI is InChI=1S/C16H22ClN/c1-4-6-7-8-16(18-11-5-2)15-12-14(17)10-9-13(15)3/h9-10,12,16,18H,5,7-8,11H2,1-3H3. The maximum Gasteiger partial charge on any atom is 0.0409 e. The molecular weight excluding hydrogens is 242 g/mol. The van der Waals surface area contributed by atoms with Crippen LogP contribution in [0.4, 0.5) is 0 Å². The van der Waals surface area contributed by atoms with E-state index in [0.29, 0.717) is 6.04 Å². The van der Waals surface area contributed by atoms with Crippen molar-refractivity contribution in [1.29, 1.82) is 0 Å². The van der Waals surface area contributed by atoms with Crippen molar-refractivity contribution in [3.8, 4) is 11.8 Å². The van der Waals surface area contributed by atoms with Gasteiger partial charge < -0.3 is 5.32 Å². The molecule has 1 aromatic carbocycles. The molecule has 1 aromatic rings. The maximum absolute atomic E-state index is 6.10. The number of hydrogen-bond acceptors (Lipinski definition) is 1. The first-order valence-corrected chi connectivity index (χ1v) is 6.95. The molecule has 0 bridgehead atoms. The number of rotatable bonds is 6. The van der Waals surface area contributed by atoms with E-state index in [1.165, 1.54) is 11.1 Å². The molecule has 1 N–H and O–H groups in total. The van der Waals surface area contributed by atoms with Gasteiger partial charge in [-0.1, -0.05) is 24.6 Å². The summed E-state index contributed by atoms with van der Waals surface area (Å²) in [5.41, 5.74) is 2.59. The van der Waals surface area contributed by atoms with Gasteiger partial charge in [-0.3, -0.25) is 0 Å². The lowest BCUT2D eigenvalue weighted by atomic mass is 9.97. The molecule has 0 heterocycles. The van der Waals surface area contributed by atoms with Crippen molar-refractivity contribution in [2.45, 2.75) is 46.1 Å². The van der Waals surface area contributed by atoms with Crippen LogP contribution < -0.4 is 5.32 Å². The fourth-order valence-corrected chi connectivity index (χ4v) is 2.19. The summed E-state index contributed by atoms with van der Waals surface area (Å²) in [4.78, 5) is 0. The molecule has 0 amide bonds. The molecule has 0 fully saturated rings. The van der Waals surface area contributed by atoms with Crippen LogP contribution in [0.15, 0.2) is 18.2 Å². The second kappa shape index (κ2) is 8.19. The fraction of sp³-hybridized carbons (Fsp3) is 0.500. The van der Waals surface area contributed by atoms with Crippen LogP contribution in [0, 0.1) is 18.8 Å². The highest BCUT2D eigenvalue weighted by atomic mass is 35.5. The normalized spacial score (nSPS) is 11.8. The first-order chi connectivity index (χ1) is 8.69. The Kier molecular flexibility index (Phi) is 6.86. The van der Waals surface area contributed by atoms with Crippen molar-refractivity contribution in [3.05, 3.63) is 34.3 Å². The molecule has 1 atom stereocenters. The van der Waals surface area contributed by atoms with Crippen LogP contribution in [0.2, 0.25) is 5.02 Å². The van der Waals surface area contributed by atoms with Crippen LogP contribution >= 0.6 is 11.6 Å². The quantitative estimate of drug-likeness (QED) is 0.746. The van der Waals surface area contributed by atoms with Crippen molar-refractivity contribution in [1.82, 2.24) is 5.32 Å². The Morgan fingerprint density at radius 3 is 2.83 bits per heavy atom. The van der Waals surface area contributed by atoms with Gasteiger partial charge in [-0.05, 0) is 56.5 Å². The lowest BCUT2D eigenvalue weighted by molar-refractivity contribution is 0.503. The van der Waals surface area contributed by atoms with Crippen molar-refractivity contribution in [2.24, 2.45) is 0 Å². The van der Waals surface area contributed by atoms with E-state index in [0.717, 1.165) is 30.8 Å². The van der Waals surface area contributed by atoms with Crippen LogP contribution in [0.1, 0.15) is 50.3 Å². The summed E-state index contributed by atoms with van der Waals surface area (Å²) >= 11 is 6.10. The number of aryl methyl sites for hydroxylation is 1. The van der Waals surface area contributed by atoms with E-state index in [1.54, 1.807) is 0 Å². The zero-order chi connectivity index (χ0) is 13.4. The van der Waals surface area contributed by atoms with Gasteiger partial charge in [-0.25, -0.2) is 0 Å². The zero-order valence-electron chi connectivity index (χ0n) is 11.5. The van der Waals surface area contributed by atoms with Crippen molar-refractivity contribution in [3.63, 3.8) is 0 Å². The molecule has 18 heavy (non-hydrogen) atoms. The highest BCUT2D eigenvalue weighted by molar-refractivity contribution is 6.30. The molecule has 0 saturated heterocycles. The number of hydrogen-bond donors (Lipinski definition) is 1. The third-order valence-corrected chi connectivity index (χ3v) is 3.23. The predicted octanol–water partition coefficient (Wildman–Crippen LogP) is 4.49. The summed E-state index contributed by atoms with van der Waals surface area (Å²) in [6.45, 7) is 7.23. The van der Waals surface area contributed by atoms with E-state index in [-0.39, 0.29) is 0 Å². The molecule has 0 aliphatic carbocycles. The highest BCUT2D eigenvalue weighted by Gasteiger charge is 2.12. The van der Waals surface area contributed by atoms with Crippen LogP contribution in [0.5, 0.6) is 0 Å². The molecule has 0 radical (unpaired) electrons. The minimum atomic E-state index is 0.351. The van der Waals surface area contributed by atoms with Crippen LogP contribution in [-0.2, 0) is 0 Å². The summed E-state index contributed by atoms with van der Waals surface area (Å²) in [7, 11) is 0. The van der Waals surface area contributed by atoms with Crippen LogP contribution in [0.3, 0.4) is 0 Å². The van der Waals surface area contributed by atoms with Gasteiger partial charge in [0.15, 0.2) is 0 Å². The molecule has 0 spiro atoms. The Morgan fingerprint density at radius 2 is 2.17 bits per heavy atom. The minimum absolute atomic E-state index is 0.351. The fourth-order valence-electron chi connectivity index (χ4n) is 2.01. The lowest BCUT2D eigenvalue weighted by Crippen LogP contribution is -2.22. The molecule has 0 saturated carbocycles. The molecule has 1 rings (SSSR count). The summed E-state index contributed by atoms with van der Waals surface area (Å²) in [5.74, 6) is 6.09. The minimum Gasteiger partial charge on any atom is -0.310 e. The third kappa shape index (κ3) is 4.72. The third-order valence-electron chi connectivity index (χ3n) is 2.99. The first kappa shape index (κ1) is 15.1. The second-order valence-corrected chi connectivity index (χ2v) is 4.91. The van der Waals surface area contributed by atoms with E-state index >= 15 is 0 Å². The Balaban J connectivity index is 2.84. The zero-order valence-corrected chi connectivity index (χ0v) is 12.3. The van der Waals surface area contributed by atoms with Crippen molar-refractivity contribution >= 4 is 11.6 Å². The smallest absolute Gasteiger partial charge is 0.0409 e. The topological polar surface area (TPSA) is 12.0 Å². The van der Waals surface area contributed by atoms with Gasteiger partial charge in [0.05, 0.1) is 0 Å². The average molecular weight is 264 g/mol. The van der Waals surface area contributed by atoms with Gasteiger partial charge in [-0.2, -0.15) is 0 Å². The number of benzene rings is 1. The Labute approximate surface area is 116 Å². The van der Waals surface area contributed by atoms with E-state index in [9.17, 15) is 0 Å². The van der Waals surface area contributed by atoms with Crippen LogP contribution in [0.25, 0.3) is 0 Å². The molecule has 2 heteroatoms. The van der Waals surface area contributed by atoms with Gasteiger partial charge in [0.2, 0.25) is 0 Å². The number of halogens is 1. The molecule has 1 nitrogen and oxygen atoms in total. The van der Waals surface area contributed by atoms with Crippen molar-refractivity contribution in [2.75, 3.05) is 6.54 Å². The average Bonchev–Trinajstić information content (AvgIpc) is 2.37. The second-order valence-electron chi connectivity index (χ2n) is 4.47.